The maximum Gasteiger partial charge on any atom is 0.407 e. The number of alkyl carbamates (subject to hydrolysis) is 1. The summed E-state index contributed by atoms with van der Waals surface area (Å²) in [4.78, 5) is 16.2. The van der Waals surface area contributed by atoms with E-state index >= 15 is 0 Å². The van der Waals surface area contributed by atoms with Crippen molar-refractivity contribution < 1.29 is 23.4 Å². The minimum Gasteiger partial charge on any atom is -0.493 e. The number of nitrogens with zero attached hydrogens (tertiary/aromatic N) is 1. The number of amides is 1. The van der Waals surface area contributed by atoms with Crippen molar-refractivity contribution in [1.82, 2.24) is 10.3 Å². The van der Waals surface area contributed by atoms with Gasteiger partial charge < -0.3 is 19.5 Å². The smallest absolute Gasteiger partial charge is 0.407 e. The molecule has 2 unspecified atom stereocenters. The molecule has 0 saturated carbocycles. The Hall–Kier alpha value is -2.67. The van der Waals surface area contributed by atoms with E-state index in [2.05, 4.69) is 10.3 Å². The van der Waals surface area contributed by atoms with Crippen LogP contribution in [-0.2, 0) is 9.47 Å². The van der Waals surface area contributed by atoms with Crippen molar-refractivity contribution in [2.45, 2.75) is 38.8 Å². The summed E-state index contributed by atoms with van der Waals surface area (Å²) in [5, 5.41) is 2.94. The van der Waals surface area contributed by atoms with Crippen LogP contribution in [0.5, 0.6) is 5.75 Å². The van der Waals surface area contributed by atoms with E-state index in [-0.39, 0.29) is 17.8 Å². The molecule has 156 valence electrons. The van der Waals surface area contributed by atoms with Crippen molar-refractivity contribution in [3.8, 4) is 17.0 Å². The number of ether oxygens (including phenoxy) is 3. The van der Waals surface area contributed by atoms with Gasteiger partial charge in [-0.2, -0.15) is 0 Å². The van der Waals surface area contributed by atoms with Crippen LogP contribution in [0.2, 0.25) is 0 Å². The Kier molecular flexibility index (Phi) is 6.69. The van der Waals surface area contributed by atoms with Crippen LogP contribution in [0.3, 0.4) is 0 Å². The number of hydrogen-bond acceptors (Lipinski definition) is 5. The van der Waals surface area contributed by atoms with Crippen molar-refractivity contribution in [1.29, 1.82) is 0 Å². The summed E-state index contributed by atoms with van der Waals surface area (Å²) in [7, 11) is 0. The number of halogens is 1. The van der Waals surface area contributed by atoms with Gasteiger partial charge in [-0.3, -0.25) is 4.98 Å². The minimum absolute atomic E-state index is 0.0229. The van der Waals surface area contributed by atoms with Crippen LogP contribution in [-0.4, -0.2) is 42.5 Å². The van der Waals surface area contributed by atoms with Gasteiger partial charge in [-0.15, -0.1) is 0 Å². The van der Waals surface area contributed by atoms with Gasteiger partial charge in [-0.25, -0.2) is 9.18 Å². The zero-order valence-electron chi connectivity index (χ0n) is 17.0. The molecule has 0 aliphatic carbocycles. The molecule has 7 heteroatoms. The van der Waals surface area contributed by atoms with Crippen molar-refractivity contribution >= 4 is 6.09 Å². The van der Waals surface area contributed by atoms with Gasteiger partial charge in [0, 0.05) is 24.1 Å². The Balaban J connectivity index is 1.55. The van der Waals surface area contributed by atoms with Crippen LogP contribution >= 0.6 is 0 Å². The van der Waals surface area contributed by atoms with Crippen molar-refractivity contribution in [2.75, 3.05) is 19.8 Å². The number of hydrogen-bond donors (Lipinski definition) is 1. The second kappa shape index (κ2) is 9.22. The monoisotopic (exact) mass is 402 g/mol. The normalized spacial score (nSPS) is 19.4. The molecule has 2 aromatic rings. The van der Waals surface area contributed by atoms with Gasteiger partial charge in [0.25, 0.3) is 0 Å². The Bertz CT molecular complexity index is 803. The lowest BCUT2D eigenvalue weighted by atomic mass is 9.97. The van der Waals surface area contributed by atoms with E-state index in [9.17, 15) is 9.18 Å². The summed E-state index contributed by atoms with van der Waals surface area (Å²) in [6.07, 6.45) is 1.48. The molecule has 1 aromatic carbocycles. The zero-order chi connectivity index (χ0) is 20.9. The highest BCUT2D eigenvalue weighted by atomic mass is 19.1. The molecule has 0 radical (unpaired) electrons. The second-order valence-electron chi connectivity index (χ2n) is 8.07. The third-order valence-electron chi connectivity index (χ3n) is 4.52. The fourth-order valence-electron chi connectivity index (χ4n) is 3.08. The fraction of sp³-hybridized carbons (Fsp3) is 0.455. The highest BCUT2D eigenvalue weighted by Gasteiger charge is 2.29. The molecular weight excluding hydrogens is 375 g/mol. The second-order valence-corrected chi connectivity index (χ2v) is 8.07. The molecule has 2 atom stereocenters. The van der Waals surface area contributed by atoms with Crippen molar-refractivity contribution in [2.24, 2.45) is 5.92 Å². The van der Waals surface area contributed by atoms with Crippen LogP contribution in [0, 0.1) is 11.7 Å². The lowest BCUT2D eigenvalue weighted by molar-refractivity contribution is 0.00439. The summed E-state index contributed by atoms with van der Waals surface area (Å²) >= 11 is 0. The van der Waals surface area contributed by atoms with Crippen LogP contribution in [0.15, 0.2) is 42.6 Å². The molecule has 1 N–H and O–H groups in total. The molecule has 1 aliphatic rings. The first-order chi connectivity index (χ1) is 13.8. The lowest BCUT2D eigenvalue weighted by Gasteiger charge is -2.32. The molecule has 2 heterocycles. The van der Waals surface area contributed by atoms with Crippen molar-refractivity contribution in [3.63, 3.8) is 0 Å². The Morgan fingerprint density at radius 1 is 1.24 bits per heavy atom. The van der Waals surface area contributed by atoms with Crippen molar-refractivity contribution in [3.05, 3.63) is 48.4 Å². The van der Waals surface area contributed by atoms with E-state index in [0.29, 0.717) is 37.7 Å². The topological polar surface area (TPSA) is 69.7 Å². The van der Waals surface area contributed by atoms with E-state index in [1.165, 1.54) is 12.3 Å². The van der Waals surface area contributed by atoms with Crippen LogP contribution < -0.4 is 10.1 Å². The number of rotatable bonds is 5. The predicted molar refractivity (Wildman–Crippen MR) is 107 cm³/mol. The lowest BCUT2D eigenvalue weighted by Crippen LogP contribution is -2.48. The molecule has 0 spiro atoms. The maximum atomic E-state index is 13.0. The van der Waals surface area contributed by atoms with Crippen LogP contribution in [0.4, 0.5) is 9.18 Å². The molecule has 1 amide bonds. The predicted octanol–water partition coefficient (Wildman–Crippen LogP) is 4.20. The van der Waals surface area contributed by atoms with Crippen LogP contribution in [0.25, 0.3) is 11.3 Å². The van der Waals surface area contributed by atoms with Gasteiger partial charge in [-0.1, -0.05) is 0 Å². The van der Waals surface area contributed by atoms with Gasteiger partial charge in [0.15, 0.2) is 0 Å². The molecule has 3 rings (SSSR count). The molecule has 0 bridgehead atoms. The Morgan fingerprint density at radius 2 is 2.00 bits per heavy atom. The Morgan fingerprint density at radius 3 is 2.66 bits per heavy atom. The summed E-state index contributed by atoms with van der Waals surface area (Å²) in [6.45, 7) is 7.02. The first-order valence-electron chi connectivity index (χ1n) is 9.72. The summed E-state index contributed by atoms with van der Waals surface area (Å²) in [6, 6.07) is 10.4. The van der Waals surface area contributed by atoms with Gasteiger partial charge >= 0.3 is 6.09 Å². The third-order valence-corrected chi connectivity index (χ3v) is 4.52. The third kappa shape index (κ3) is 6.42. The molecule has 6 nitrogen and oxygen atoms in total. The van der Waals surface area contributed by atoms with Gasteiger partial charge in [0.2, 0.25) is 0 Å². The largest absolute Gasteiger partial charge is 0.493 e. The SMILES string of the molecule is CC(C)(C)OC(=O)NC1CCOCC1COc1ccc(-c2ccc(F)cn2)cc1. The summed E-state index contributed by atoms with van der Waals surface area (Å²) in [5.74, 6) is 0.366. The van der Waals surface area contributed by atoms with E-state index in [1.807, 2.05) is 45.0 Å². The molecule has 1 aliphatic heterocycles. The standard InChI is InChI=1S/C22H27FN2O4/c1-22(2,3)29-21(26)25-20-10-11-27-13-16(20)14-28-18-7-4-15(5-8-18)19-9-6-17(23)12-24-19/h4-9,12,16,20H,10-11,13-14H2,1-3H3,(H,25,26). The Labute approximate surface area is 170 Å². The average Bonchev–Trinajstić information content (AvgIpc) is 2.67. The van der Waals surface area contributed by atoms with Gasteiger partial charge in [0.05, 0.1) is 25.1 Å². The first kappa shape index (κ1) is 21.0. The number of aromatic nitrogens is 1. The number of carbonyl (C=O) groups excluding carboxylic acids is 1. The minimum atomic E-state index is -0.539. The number of carbonyl (C=O) groups is 1. The average molecular weight is 402 g/mol. The zero-order valence-corrected chi connectivity index (χ0v) is 17.0. The van der Waals surface area contributed by atoms with Gasteiger partial charge in [-0.05, 0) is 63.6 Å². The van der Waals surface area contributed by atoms with E-state index in [0.717, 1.165) is 5.56 Å². The summed E-state index contributed by atoms with van der Waals surface area (Å²) in [5.41, 5.74) is 1.03. The first-order valence-corrected chi connectivity index (χ1v) is 9.72. The van der Waals surface area contributed by atoms with E-state index in [4.69, 9.17) is 14.2 Å². The highest BCUT2D eigenvalue weighted by Crippen LogP contribution is 2.23. The molecular formula is C22H27FN2O4. The quantitative estimate of drug-likeness (QED) is 0.812. The number of benzene rings is 1. The number of nitrogens with one attached hydrogen (secondary N) is 1. The van der Waals surface area contributed by atoms with E-state index < -0.39 is 11.7 Å². The maximum absolute atomic E-state index is 13.0. The molecule has 1 saturated heterocycles. The van der Waals surface area contributed by atoms with Gasteiger partial charge in [0.1, 0.15) is 17.2 Å². The number of pyridine rings is 1. The molecule has 1 aromatic heterocycles. The molecule has 1 fully saturated rings. The molecule has 29 heavy (non-hydrogen) atoms. The van der Waals surface area contributed by atoms with Crippen LogP contribution in [0.1, 0.15) is 27.2 Å². The highest BCUT2D eigenvalue weighted by molar-refractivity contribution is 5.68. The fourth-order valence-corrected chi connectivity index (χ4v) is 3.08. The summed E-state index contributed by atoms with van der Waals surface area (Å²) < 4.78 is 29.8. The van der Waals surface area contributed by atoms with E-state index in [1.54, 1.807) is 6.07 Å².